The molecule has 0 bridgehead atoms. The summed E-state index contributed by atoms with van der Waals surface area (Å²) in [6, 6.07) is 16.8. The average molecular weight is 618 g/mol. The number of nitrogens with one attached hydrogen (secondary N) is 1. The van der Waals surface area contributed by atoms with Gasteiger partial charge in [0, 0.05) is 17.1 Å². The maximum absolute atomic E-state index is 14.2. The Balaban J connectivity index is 2.12. The molecule has 1 atom stereocenters. The number of sulfonamides is 1. The summed E-state index contributed by atoms with van der Waals surface area (Å²) >= 11 is 6.01. The highest BCUT2D eigenvalue weighted by Crippen LogP contribution is 2.33. The van der Waals surface area contributed by atoms with Crippen LogP contribution in [0, 0.1) is 5.82 Å². The Morgan fingerprint density at radius 2 is 1.60 bits per heavy atom. The van der Waals surface area contributed by atoms with Crippen molar-refractivity contribution in [3.05, 3.63) is 89.2 Å². The minimum absolute atomic E-state index is 0.0445. The van der Waals surface area contributed by atoms with E-state index < -0.39 is 39.9 Å². The van der Waals surface area contributed by atoms with E-state index >= 15 is 0 Å². The van der Waals surface area contributed by atoms with Crippen LogP contribution in [0.5, 0.6) is 5.75 Å². The van der Waals surface area contributed by atoms with Crippen molar-refractivity contribution >= 4 is 39.1 Å². The Morgan fingerprint density at radius 1 is 0.976 bits per heavy atom. The number of hydrogen-bond donors (Lipinski definition) is 1. The molecule has 0 aliphatic carbocycles. The van der Waals surface area contributed by atoms with Gasteiger partial charge in [-0.2, -0.15) is 0 Å². The fourth-order valence-electron chi connectivity index (χ4n) is 4.35. The van der Waals surface area contributed by atoms with Crippen LogP contribution in [0.1, 0.15) is 46.6 Å². The maximum Gasteiger partial charge on any atom is 0.264 e. The number of benzene rings is 3. The zero-order valence-corrected chi connectivity index (χ0v) is 26.0. The summed E-state index contributed by atoms with van der Waals surface area (Å²) in [5, 5.41) is 3.27. The summed E-state index contributed by atoms with van der Waals surface area (Å²) in [7, 11) is -4.30. The molecule has 0 unspecified atom stereocenters. The Hall–Kier alpha value is -3.63. The van der Waals surface area contributed by atoms with E-state index in [2.05, 4.69) is 5.32 Å². The van der Waals surface area contributed by atoms with Crippen LogP contribution in [0.2, 0.25) is 5.02 Å². The number of anilines is 1. The number of rotatable bonds is 12. The van der Waals surface area contributed by atoms with Gasteiger partial charge in [-0.3, -0.25) is 13.9 Å². The molecule has 0 saturated carbocycles. The van der Waals surface area contributed by atoms with E-state index in [9.17, 15) is 22.4 Å². The van der Waals surface area contributed by atoms with E-state index in [0.717, 1.165) is 4.31 Å². The monoisotopic (exact) mass is 617 g/mol. The third kappa shape index (κ3) is 8.45. The summed E-state index contributed by atoms with van der Waals surface area (Å²) < 4.78 is 48.5. The lowest BCUT2D eigenvalue weighted by Crippen LogP contribution is -2.55. The van der Waals surface area contributed by atoms with Gasteiger partial charge in [-0.05, 0) is 88.2 Å². The fourth-order valence-corrected chi connectivity index (χ4v) is 5.90. The first-order chi connectivity index (χ1) is 19.8. The third-order valence-electron chi connectivity index (χ3n) is 6.26. The van der Waals surface area contributed by atoms with Crippen molar-refractivity contribution in [3.8, 4) is 5.75 Å². The molecule has 42 heavy (non-hydrogen) atoms. The molecule has 0 aliphatic rings. The van der Waals surface area contributed by atoms with Crippen molar-refractivity contribution in [1.82, 2.24) is 10.2 Å². The first-order valence-corrected chi connectivity index (χ1v) is 15.4. The summed E-state index contributed by atoms with van der Waals surface area (Å²) in [6.07, 6.45) is 0.258. The molecule has 0 aromatic heterocycles. The topological polar surface area (TPSA) is 96.0 Å². The minimum atomic E-state index is -4.30. The van der Waals surface area contributed by atoms with Crippen LogP contribution in [-0.4, -0.2) is 49.9 Å². The largest absolute Gasteiger partial charge is 0.492 e. The molecule has 1 N–H and O–H groups in total. The molecule has 0 aliphatic heterocycles. The van der Waals surface area contributed by atoms with E-state index in [1.165, 1.54) is 53.4 Å². The van der Waals surface area contributed by atoms with E-state index in [4.69, 9.17) is 16.3 Å². The molecule has 2 amide bonds. The van der Waals surface area contributed by atoms with Crippen molar-refractivity contribution in [2.24, 2.45) is 0 Å². The molecule has 3 aromatic carbocycles. The molecule has 226 valence electrons. The van der Waals surface area contributed by atoms with Gasteiger partial charge in [0.2, 0.25) is 11.8 Å². The van der Waals surface area contributed by atoms with Crippen molar-refractivity contribution < 1.29 is 27.1 Å². The first kappa shape index (κ1) is 32.9. The molecule has 0 spiro atoms. The van der Waals surface area contributed by atoms with Gasteiger partial charge in [-0.25, -0.2) is 12.8 Å². The number of ether oxygens (including phenoxy) is 1. The Labute approximate surface area is 252 Å². The van der Waals surface area contributed by atoms with Crippen LogP contribution in [-0.2, 0) is 26.2 Å². The van der Waals surface area contributed by atoms with E-state index in [0.29, 0.717) is 10.6 Å². The third-order valence-corrected chi connectivity index (χ3v) is 8.29. The molecule has 0 fully saturated rings. The smallest absolute Gasteiger partial charge is 0.264 e. The standard InChI is InChI=1S/C31H37ClFN3O5S/c1-6-26(30(38)34-31(3,4)5)35(20-22-12-16-24(33)17-13-22)29(37)21-36(27-10-8-9-11-28(27)41-7-2)42(39,40)25-18-14-23(32)15-19-25/h8-19,26H,6-7,20-21H2,1-5H3,(H,34,38)/t26-/m1/s1. The molecule has 0 heterocycles. The van der Waals surface area contributed by atoms with Gasteiger partial charge in [0.15, 0.2) is 0 Å². The SMILES string of the molecule is CCOc1ccccc1N(CC(=O)N(Cc1ccc(F)cc1)[C@H](CC)C(=O)NC(C)(C)C)S(=O)(=O)c1ccc(Cl)cc1. The summed E-state index contributed by atoms with van der Waals surface area (Å²) in [6.45, 7) is 8.61. The van der Waals surface area contributed by atoms with Gasteiger partial charge < -0.3 is 15.0 Å². The summed E-state index contributed by atoms with van der Waals surface area (Å²) in [4.78, 5) is 28.8. The number of carbonyl (C=O) groups is 2. The number of carbonyl (C=O) groups excluding carboxylic acids is 2. The van der Waals surface area contributed by atoms with Crippen LogP contribution in [0.3, 0.4) is 0 Å². The predicted molar refractivity (Wildman–Crippen MR) is 163 cm³/mol. The lowest BCUT2D eigenvalue weighted by atomic mass is 10.1. The molecular formula is C31H37ClFN3O5S. The van der Waals surface area contributed by atoms with Crippen LogP contribution >= 0.6 is 11.6 Å². The highest BCUT2D eigenvalue weighted by Gasteiger charge is 2.35. The number of halogens is 2. The average Bonchev–Trinajstić information content (AvgIpc) is 2.92. The molecule has 3 rings (SSSR count). The van der Waals surface area contributed by atoms with Gasteiger partial charge in [0.05, 0.1) is 17.2 Å². The normalized spacial score (nSPS) is 12.4. The van der Waals surface area contributed by atoms with Crippen molar-refractivity contribution in [3.63, 3.8) is 0 Å². The van der Waals surface area contributed by atoms with Crippen LogP contribution in [0.4, 0.5) is 10.1 Å². The summed E-state index contributed by atoms with van der Waals surface area (Å²) in [5.41, 5.74) is 0.167. The number of nitrogens with zero attached hydrogens (tertiary/aromatic N) is 2. The number of para-hydroxylation sites is 2. The lowest BCUT2D eigenvalue weighted by Gasteiger charge is -2.35. The van der Waals surface area contributed by atoms with E-state index in [1.807, 2.05) is 20.8 Å². The summed E-state index contributed by atoms with van der Waals surface area (Å²) in [5.74, 6) is -1.18. The minimum Gasteiger partial charge on any atom is -0.492 e. The van der Waals surface area contributed by atoms with Gasteiger partial charge in [0.1, 0.15) is 24.2 Å². The first-order valence-electron chi connectivity index (χ1n) is 13.6. The van der Waals surface area contributed by atoms with E-state index in [1.54, 1.807) is 38.1 Å². The Bertz CT molecular complexity index is 1480. The number of amides is 2. The van der Waals surface area contributed by atoms with Gasteiger partial charge in [0.25, 0.3) is 10.0 Å². The highest BCUT2D eigenvalue weighted by molar-refractivity contribution is 7.92. The quantitative estimate of drug-likeness (QED) is 0.277. The van der Waals surface area contributed by atoms with Crippen molar-refractivity contribution in [2.75, 3.05) is 17.5 Å². The van der Waals surface area contributed by atoms with Crippen molar-refractivity contribution in [2.45, 2.75) is 64.1 Å². The van der Waals surface area contributed by atoms with Gasteiger partial charge in [-0.15, -0.1) is 0 Å². The van der Waals surface area contributed by atoms with Crippen LogP contribution < -0.4 is 14.4 Å². The van der Waals surface area contributed by atoms with Crippen LogP contribution in [0.15, 0.2) is 77.7 Å². The Morgan fingerprint density at radius 3 is 2.17 bits per heavy atom. The Kier molecular flexibility index (Phi) is 11.0. The zero-order chi connectivity index (χ0) is 31.1. The molecule has 0 saturated heterocycles. The van der Waals surface area contributed by atoms with Crippen LogP contribution in [0.25, 0.3) is 0 Å². The fraction of sp³-hybridized carbons (Fsp3) is 0.355. The van der Waals surface area contributed by atoms with Crippen molar-refractivity contribution in [1.29, 1.82) is 0 Å². The molecule has 3 aromatic rings. The van der Waals surface area contributed by atoms with Gasteiger partial charge in [-0.1, -0.05) is 42.8 Å². The highest BCUT2D eigenvalue weighted by atomic mass is 35.5. The second-order valence-electron chi connectivity index (χ2n) is 10.7. The lowest BCUT2D eigenvalue weighted by molar-refractivity contribution is -0.141. The molecule has 11 heteroatoms. The maximum atomic E-state index is 14.2. The second kappa shape index (κ2) is 14.0. The molecular weight excluding hydrogens is 581 g/mol. The second-order valence-corrected chi connectivity index (χ2v) is 13.0. The predicted octanol–water partition coefficient (Wildman–Crippen LogP) is 5.80. The molecule has 0 radical (unpaired) electrons. The van der Waals surface area contributed by atoms with Gasteiger partial charge >= 0.3 is 0 Å². The number of hydrogen-bond acceptors (Lipinski definition) is 5. The molecule has 8 nitrogen and oxygen atoms in total. The van der Waals surface area contributed by atoms with E-state index in [-0.39, 0.29) is 41.8 Å². The zero-order valence-electron chi connectivity index (χ0n) is 24.4.